The van der Waals surface area contributed by atoms with E-state index in [1.54, 1.807) is 12.1 Å². The molecule has 0 amide bonds. The molecule has 0 saturated carbocycles. The van der Waals surface area contributed by atoms with Gasteiger partial charge < -0.3 is 10.1 Å². The predicted molar refractivity (Wildman–Crippen MR) is 92.7 cm³/mol. The van der Waals surface area contributed by atoms with Gasteiger partial charge in [-0.3, -0.25) is 9.88 Å². The van der Waals surface area contributed by atoms with Gasteiger partial charge in [0, 0.05) is 44.0 Å². The summed E-state index contributed by atoms with van der Waals surface area (Å²) < 4.78 is 19.3. The third-order valence-corrected chi connectivity index (χ3v) is 4.50. The van der Waals surface area contributed by atoms with Crippen LogP contribution in [0.15, 0.2) is 42.6 Å². The van der Waals surface area contributed by atoms with Crippen molar-refractivity contribution in [2.45, 2.75) is 18.9 Å². The van der Waals surface area contributed by atoms with Crippen molar-refractivity contribution in [3.8, 4) is 5.75 Å². The van der Waals surface area contributed by atoms with E-state index in [1.165, 1.54) is 7.11 Å². The lowest BCUT2D eigenvalue weighted by Gasteiger charge is -2.31. The Bertz CT molecular complexity index is 642. The highest BCUT2D eigenvalue weighted by Crippen LogP contribution is 2.28. The smallest absolute Gasteiger partial charge is 0.165 e. The summed E-state index contributed by atoms with van der Waals surface area (Å²) >= 11 is 0. The van der Waals surface area contributed by atoms with Gasteiger partial charge in [-0.2, -0.15) is 0 Å². The second-order valence-electron chi connectivity index (χ2n) is 6.07. The van der Waals surface area contributed by atoms with Crippen molar-refractivity contribution in [3.05, 3.63) is 59.7 Å². The topological polar surface area (TPSA) is 37.4 Å². The summed E-state index contributed by atoms with van der Waals surface area (Å²) in [5.41, 5.74) is 2.00. The number of hydrogen-bond acceptors (Lipinski definition) is 4. The standard InChI is InChI=1S/C19H24FN3O/c1-24-19-7-6-15(13-17(19)20)18(14-16-5-2-3-9-22-16)23-11-4-8-21-10-12-23/h2-3,5-7,9,13,18,21H,4,8,10-12,14H2,1H3. The minimum atomic E-state index is -0.311. The number of nitrogens with zero attached hydrogens (tertiary/aromatic N) is 2. The van der Waals surface area contributed by atoms with Crippen LogP contribution in [-0.4, -0.2) is 43.2 Å². The van der Waals surface area contributed by atoms with Gasteiger partial charge in [0.15, 0.2) is 11.6 Å². The van der Waals surface area contributed by atoms with Crippen molar-refractivity contribution in [2.24, 2.45) is 0 Å². The Balaban J connectivity index is 1.89. The molecule has 1 aliphatic rings. The Morgan fingerprint density at radius 1 is 1.25 bits per heavy atom. The average molecular weight is 329 g/mol. The number of aromatic nitrogens is 1. The molecule has 1 aromatic carbocycles. The molecule has 3 rings (SSSR count). The largest absolute Gasteiger partial charge is 0.494 e. The van der Waals surface area contributed by atoms with Crippen molar-refractivity contribution in [1.29, 1.82) is 0 Å². The van der Waals surface area contributed by atoms with Gasteiger partial charge in [-0.05, 0) is 42.8 Å². The fourth-order valence-corrected chi connectivity index (χ4v) is 3.24. The van der Waals surface area contributed by atoms with Gasteiger partial charge in [-0.15, -0.1) is 0 Å². The lowest BCUT2D eigenvalue weighted by Crippen LogP contribution is -2.33. The first-order valence-corrected chi connectivity index (χ1v) is 8.46. The zero-order valence-corrected chi connectivity index (χ0v) is 14.0. The van der Waals surface area contributed by atoms with Gasteiger partial charge in [0.2, 0.25) is 0 Å². The fourth-order valence-electron chi connectivity index (χ4n) is 3.24. The van der Waals surface area contributed by atoms with Crippen LogP contribution in [0, 0.1) is 5.82 Å². The van der Waals surface area contributed by atoms with Crippen LogP contribution in [0.4, 0.5) is 4.39 Å². The molecule has 1 N–H and O–H groups in total. The monoisotopic (exact) mass is 329 g/mol. The molecule has 0 aliphatic carbocycles. The quantitative estimate of drug-likeness (QED) is 0.915. The molecule has 1 aliphatic heterocycles. The number of hydrogen-bond donors (Lipinski definition) is 1. The number of ether oxygens (including phenoxy) is 1. The SMILES string of the molecule is COc1ccc(C(Cc2ccccn2)N2CCCNCC2)cc1F. The van der Waals surface area contributed by atoms with Crippen molar-refractivity contribution in [2.75, 3.05) is 33.3 Å². The molecular formula is C19H24FN3O. The highest BCUT2D eigenvalue weighted by molar-refractivity contribution is 5.32. The van der Waals surface area contributed by atoms with E-state index in [0.29, 0.717) is 0 Å². The average Bonchev–Trinajstić information content (AvgIpc) is 2.90. The molecule has 2 heterocycles. The Labute approximate surface area is 142 Å². The van der Waals surface area contributed by atoms with Crippen molar-refractivity contribution in [1.82, 2.24) is 15.2 Å². The maximum atomic E-state index is 14.2. The first-order valence-electron chi connectivity index (χ1n) is 8.46. The molecule has 1 aromatic heterocycles. The van der Waals surface area contributed by atoms with Crippen LogP contribution in [-0.2, 0) is 6.42 Å². The normalized spacial score (nSPS) is 17.2. The van der Waals surface area contributed by atoms with Crippen LogP contribution in [0.1, 0.15) is 23.7 Å². The van der Waals surface area contributed by atoms with Crippen LogP contribution >= 0.6 is 0 Å². The first-order chi connectivity index (χ1) is 11.8. The Morgan fingerprint density at radius 3 is 2.92 bits per heavy atom. The van der Waals surface area contributed by atoms with Crippen LogP contribution in [0.2, 0.25) is 0 Å². The molecule has 5 heteroatoms. The van der Waals surface area contributed by atoms with Crippen molar-refractivity contribution in [3.63, 3.8) is 0 Å². The lowest BCUT2D eigenvalue weighted by molar-refractivity contribution is 0.207. The van der Waals surface area contributed by atoms with Gasteiger partial charge >= 0.3 is 0 Å². The van der Waals surface area contributed by atoms with Crippen LogP contribution in [0.5, 0.6) is 5.75 Å². The van der Waals surface area contributed by atoms with Crippen molar-refractivity contribution < 1.29 is 9.13 Å². The van der Waals surface area contributed by atoms with E-state index in [4.69, 9.17) is 4.74 Å². The Hall–Kier alpha value is -1.98. The molecule has 128 valence electrons. The van der Waals surface area contributed by atoms with Crippen LogP contribution in [0.25, 0.3) is 0 Å². The minimum Gasteiger partial charge on any atom is -0.494 e. The number of methoxy groups -OCH3 is 1. The summed E-state index contributed by atoms with van der Waals surface area (Å²) in [5.74, 6) is -0.0261. The second-order valence-corrected chi connectivity index (χ2v) is 6.07. The van der Waals surface area contributed by atoms with Crippen LogP contribution in [0.3, 0.4) is 0 Å². The molecule has 1 saturated heterocycles. The molecule has 1 unspecified atom stereocenters. The Morgan fingerprint density at radius 2 is 2.17 bits per heavy atom. The molecule has 24 heavy (non-hydrogen) atoms. The summed E-state index contributed by atoms with van der Waals surface area (Å²) in [4.78, 5) is 6.88. The van der Waals surface area contributed by atoms with Gasteiger partial charge in [-0.1, -0.05) is 12.1 Å². The summed E-state index contributed by atoms with van der Waals surface area (Å²) in [5, 5.41) is 3.43. The second kappa shape index (κ2) is 8.22. The van der Waals surface area contributed by atoms with Crippen molar-refractivity contribution >= 4 is 0 Å². The minimum absolute atomic E-state index is 0.111. The van der Waals surface area contributed by atoms with Gasteiger partial charge in [0.05, 0.1) is 7.11 Å². The van der Waals surface area contributed by atoms with Crippen LogP contribution < -0.4 is 10.1 Å². The number of halogens is 1. The first kappa shape index (κ1) is 16.9. The fraction of sp³-hybridized carbons (Fsp3) is 0.421. The van der Waals surface area contributed by atoms with Gasteiger partial charge in [0.1, 0.15) is 0 Å². The summed E-state index contributed by atoms with van der Waals surface area (Å²) in [7, 11) is 1.49. The van der Waals surface area contributed by atoms with E-state index < -0.39 is 0 Å². The van der Waals surface area contributed by atoms with E-state index in [-0.39, 0.29) is 17.6 Å². The number of nitrogens with one attached hydrogen (secondary N) is 1. The maximum Gasteiger partial charge on any atom is 0.165 e. The van der Waals surface area contributed by atoms with E-state index >= 15 is 0 Å². The highest BCUT2D eigenvalue weighted by Gasteiger charge is 2.23. The third-order valence-electron chi connectivity index (χ3n) is 4.50. The van der Waals surface area contributed by atoms with E-state index in [1.807, 2.05) is 30.5 Å². The lowest BCUT2D eigenvalue weighted by atomic mass is 9.99. The molecule has 1 fully saturated rings. The molecule has 0 radical (unpaired) electrons. The number of rotatable bonds is 5. The van der Waals surface area contributed by atoms with E-state index in [0.717, 1.165) is 50.3 Å². The number of benzene rings is 1. The third kappa shape index (κ3) is 4.10. The molecule has 4 nitrogen and oxygen atoms in total. The van der Waals surface area contributed by atoms with E-state index in [9.17, 15) is 4.39 Å². The molecule has 2 aromatic rings. The van der Waals surface area contributed by atoms with Gasteiger partial charge in [0.25, 0.3) is 0 Å². The molecular weight excluding hydrogens is 305 g/mol. The summed E-state index contributed by atoms with van der Waals surface area (Å²) in [6.07, 6.45) is 3.68. The highest BCUT2D eigenvalue weighted by atomic mass is 19.1. The predicted octanol–water partition coefficient (Wildman–Crippen LogP) is 2.81. The number of pyridine rings is 1. The molecule has 1 atom stereocenters. The molecule has 0 bridgehead atoms. The van der Waals surface area contributed by atoms with E-state index in [2.05, 4.69) is 15.2 Å². The maximum absolute atomic E-state index is 14.2. The molecule has 0 spiro atoms. The zero-order valence-electron chi connectivity index (χ0n) is 14.0. The Kier molecular flexibility index (Phi) is 5.77. The zero-order chi connectivity index (χ0) is 16.8. The summed E-state index contributed by atoms with van der Waals surface area (Å²) in [6.45, 7) is 3.93. The summed E-state index contributed by atoms with van der Waals surface area (Å²) in [6, 6.07) is 11.3. The van der Waals surface area contributed by atoms with Gasteiger partial charge in [-0.25, -0.2) is 4.39 Å².